The van der Waals surface area contributed by atoms with Crippen molar-refractivity contribution in [1.29, 1.82) is 0 Å². The van der Waals surface area contributed by atoms with Crippen molar-refractivity contribution in [3.63, 3.8) is 0 Å². The van der Waals surface area contributed by atoms with Gasteiger partial charge in [0.25, 0.3) is 10.0 Å². The molecule has 2 aromatic carbocycles. The van der Waals surface area contributed by atoms with E-state index in [0.29, 0.717) is 22.7 Å². The second-order valence-corrected chi connectivity index (χ2v) is 7.15. The number of nitrogens with zero attached hydrogens (tertiary/aromatic N) is 1. The Hall–Kier alpha value is -2.94. The second-order valence-electron chi connectivity index (χ2n) is 5.18. The minimum atomic E-state index is -3.86. The van der Waals surface area contributed by atoms with E-state index in [2.05, 4.69) is 4.98 Å². The summed E-state index contributed by atoms with van der Waals surface area (Å²) >= 11 is 0. The lowest BCUT2D eigenvalue weighted by Crippen LogP contribution is -2.26. The first-order valence-corrected chi connectivity index (χ1v) is 8.64. The smallest absolute Gasteiger partial charge is 0.417 e. The van der Waals surface area contributed by atoms with Crippen LogP contribution >= 0.6 is 0 Å². The highest BCUT2D eigenvalue weighted by atomic mass is 32.2. The van der Waals surface area contributed by atoms with Gasteiger partial charge in [0.1, 0.15) is 0 Å². The van der Waals surface area contributed by atoms with Gasteiger partial charge < -0.3 is 13.9 Å². The summed E-state index contributed by atoms with van der Waals surface area (Å²) in [6, 6.07) is 8.98. The molecule has 0 atom stereocenters. The number of aromatic amines is 1. The summed E-state index contributed by atoms with van der Waals surface area (Å²) in [5, 5.41) is 0. The normalized spacial score (nSPS) is 11.5. The maximum atomic E-state index is 12.9. The first kappa shape index (κ1) is 16.9. The van der Waals surface area contributed by atoms with Crippen molar-refractivity contribution in [2.75, 3.05) is 25.6 Å². The summed E-state index contributed by atoms with van der Waals surface area (Å²) in [5.41, 5.74) is 0.998. The average molecular weight is 364 g/mol. The minimum absolute atomic E-state index is 0.0000323. The van der Waals surface area contributed by atoms with Crippen LogP contribution in [0.4, 0.5) is 5.69 Å². The van der Waals surface area contributed by atoms with Crippen LogP contribution in [0.15, 0.2) is 50.5 Å². The number of rotatable bonds is 5. The van der Waals surface area contributed by atoms with Crippen molar-refractivity contribution in [2.45, 2.75) is 4.90 Å². The molecule has 3 rings (SSSR count). The Labute approximate surface area is 143 Å². The maximum absolute atomic E-state index is 12.9. The number of aromatic nitrogens is 1. The van der Waals surface area contributed by atoms with Crippen LogP contribution < -0.4 is 19.5 Å². The number of sulfonamides is 1. The summed E-state index contributed by atoms with van der Waals surface area (Å²) < 4.78 is 42.1. The molecule has 1 N–H and O–H groups in total. The lowest BCUT2D eigenvalue weighted by Gasteiger charge is -2.20. The molecule has 25 heavy (non-hydrogen) atoms. The van der Waals surface area contributed by atoms with Gasteiger partial charge in [0, 0.05) is 19.2 Å². The third-order valence-corrected chi connectivity index (χ3v) is 5.56. The SMILES string of the molecule is COc1ccc(N(C)S(=O)(=O)c2ccc3[nH]c(=O)oc3c2)cc1OC. The zero-order valence-electron chi connectivity index (χ0n) is 13.8. The number of fused-ring (bicyclic) bond motifs is 1. The van der Waals surface area contributed by atoms with Crippen molar-refractivity contribution in [3.05, 3.63) is 46.9 Å². The third kappa shape index (κ3) is 2.93. The van der Waals surface area contributed by atoms with Gasteiger partial charge in [-0.15, -0.1) is 0 Å². The van der Waals surface area contributed by atoms with E-state index >= 15 is 0 Å². The van der Waals surface area contributed by atoms with Gasteiger partial charge >= 0.3 is 5.76 Å². The molecule has 0 saturated carbocycles. The number of H-pyrrole nitrogens is 1. The van der Waals surface area contributed by atoms with Crippen LogP contribution in [-0.4, -0.2) is 34.7 Å². The third-order valence-electron chi connectivity index (χ3n) is 3.78. The molecule has 0 bridgehead atoms. The van der Waals surface area contributed by atoms with E-state index in [-0.39, 0.29) is 10.5 Å². The van der Waals surface area contributed by atoms with Crippen molar-refractivity contribution < 1.29 is 22.3 Å². The van der Waals surface area contributed by atoms with Gasteiger partial charge in [-0.25, -0.2) is 13.2 Å². The van der Waals surface area contributed by atoms with E-state index < -0.39 is 15.8 Å². The standard InChI is InChI=1S/C16H16N2O6S/c1-18(10-4-7-13(22-2)15(8-10)23-3)25(20,21)11-5-6-12-14(9-11)24-16(19)17-12/h4-9H,1-3H3,(H,17,19). The van der Waals surface area contributed by atoms with Crippen LogP contribution in [0.25, 0.3) is 11.1 Å². The number of hydrogen-bond donors (Lipinski definition) is 1. The fraction of sp³-hybridized carbons (Fsp3) is 0.188. The van der Waals surface area contributed by atoms with E-state index in [1.54, 1.807) is 18.2 Å². The van der Waals surface area contributed by atoms with Gasteiger partial charge in [-0.3, -0.25) is 9.29 Å². The highest BCUT2D eigenvalue weighted by Gasteiger charge is 2.23. The molecule has 9 heteroatoms. The van der Waals surface area contributed by atoms with E-state index in [1.165, 1.54) is 39.5 Å². The second kappa shape index (κ2) is 6.17. The quantitative estimate of drug-likeness (QED) is 0.743. The molecular formula is C16H16N2O6S. The lowest BCUT2D eigenvalue weighted by molar-refractivity contribution is 0.355. The van der Waals surface area contributed by atoms with Crippen LogP contribution in [0.5, 0.6) is 11.5 Å². The fourth-order valence-electron chi connectivity index (χ4n) is 2.40. The van der Waals surface area contributed by atoms with Gasteiger partial charge in [0.2, 0.25) is 0 Å². The molecule has 0 aliphatic rings. The average Bonchev–Trinajstić information content (AvgIpc) is 2.99. The largest absolute Gasteiger partial charge is 0.493 e. The molecular weight excluding hydrogens is 348 g/mol. The van der Waals surface area contributed by atoms with Gasteiger partial charge in [-0.1, -0.05) is 0 Å². The minimum Gasteiger partial charge on any atom is -0.493 e. The monoisotopic (exact) mass is 364 g/mol. The molecule has 0 amide bonds. The first-order valence-electron chi connectivity index (χ1n) is 7.20. The number of anilines is 1. The Morgan fingerprint density at radius 3 is 2.44 bits per heavy atom. The molecule has 0 radical (unpaired) electrons. The van der Waals surface area contributed by atoms with Crippen LogP contribution in [-0.2, 0) is 10.0 Å². The van der Waals surface area contributed by atoms with Crippen LogP contribution in [0.1, 0.15) is 0 Å². The van der Waals surface area contributed by atoms with Crippen molar-refractivity contribution in [1.82, 2.24) is 4.98 Å². The van der Waals surface area contributed by atoms with Gasteiger partial charge in [-0.05, 0) is 24.3 Å². The summed E-state index contributed by atoms with van der Waals surface area (Å²) in [5.74, 6) is 0.263. The zero-order chi connectivity index (χ0) is 18.2. The van der Waals surface area contributed by atoms with Crippen molar-refractivity contribution >= 4 is 26.8 Å². The van der Waals surface area contributed by atoms with E-state index in [0.717, 1.165) is 4.31 Å². The number of oxazole rings is 1. The number of benzene rings is 2. The molecule has 0 fully saturated rings. The highest BCUT2D eigenvalue weighted by Crippen LogP contribution is 2.33. The predicted molar refractivity (Wildman–Crippen MR) is 92.0 cm³/mol. The molecule has 8 nitrogen and oxygen atoms in total. The molecule has 0 aliphatic carbocycles. The van der Waals surface area contributed by atoms with Crippen LogP contribution in [0, 0.1) is 0 Å². The van der Waals surface area contributed by atoms with Crippen molar-refractivity contribution in [3.8, 4) is 11.5 Å². The topological polar surface area (TPSA) is 102 Å². The van der Waals surface area contributed by atoms with Crippen LogP contribution in [0.3, 0.4) is 0 Å². The Morgan fingerprint density at radius 1 is 1.04 bits per heavy atom. The van der Waals surface area contributed by atoms with Gasteiger partial charge in [0.15, 0.2) is 17.1 Å². The molecule has 1 heterocycles. The predicted octanol–water partition coefficient (Wildman–Crippen LogP) is 1.96. The number of methoxy groups -OCH3 is 2. The Bertz CT molecular complexity index is 1080. The Morgan fingerprint density at radius 2 is 1.76 bits per heavy atom. The summed E-state index contributed by atoms with van der Waals surface area (Å²) in [6.07, 6.45) is 0. The molecule has 0 unspecified atom stereocenters. The van der Waals surface area contributed by atoms with E-state index in [9.17, 15) is 13.2 Å². The zero-order valence-corrected chi connectivity index (χ0v) is 14.6. The van der Waals surface area contributed by atoms with Gasteiger partial charge in [0.05, 0.1) is 30.3 Å². The van der Waals surface area contributed by atoms with E-state index in [1.807, 2.05) is 0 Å². The molecule has 3 aromatic rings. The first-order chi connectivity index (χ1) is 11.9. The van der Waals surface area contributed by atoms with Crippen LogP contribution in [0.2, 0.25) is 0 Å². The number of ether oxygens (including phenoxy) is 2. The summed E-state index contributed by atoms with van der Waals surface area (Å²) in [4.78, 5) is 13.7. The molecule has 0 saturated heterocycles. The number of hydrogen-bond acceptors (Lipinski definition) is 6. The Kier molecular flexibility index (Phi) is 4.17. The molecule has 132 valence electrons. The fourth-order valence-corrected chi connectivity index (χ4v) is 3.61. The summed E-state index contributed by atoms with van der Waals surface area (Å²) in [7, 11) is 0.535. The van der Waals surface area contributed by atoms with E-state index in [4.69, 9.17) is 13.9 Å². The molecule has 1 aromatic heterocycles. The lowest BCUT2D eigenvalue weighted by atomic mass is 10.3. The highest BCUT2D eigenvalue weighted by molar-refractivity contribution is 7.92. The number of nitrogens with one attached hydrogen (secondary N) is 1. The molecule has 0 aliphatic heterocycles. The summed E-state index contributed by atoms with van der Waals surface area (Å²) in [6.45, 7) is 0. The van der Waals surface area contributed by atoms with Crippen molar-refractivity contribution in [2.24, 2.45) is 0 Å². The maximum Gasteiger partial charge on any atom is 0.417 e. The van der Waals surface area contributed by atoms with Gasteiger partial charge in [-0.2, -0.15) is 0 Å². The molecule has 0 spiro atoms. The Balaban J connectivity index is 2.04.